The number of piperidine rings is 2. The van der Waals surface area contributed by atoms with Crippen molar-refractivity contribution in [3.05, 3.63) is 0 Å². The molecule has 2 aliphatic rings. The number of carboxylic acid groups (broad SMARTS) is 4. The molecule has 0 spiro atoms. The monoisotopic (exact) mass is 346 g/mol. The lowest BCUT2D eigenvalue weighted by atomic mass is 9.91. The first-order valence-corrected chi connectivity index (χ1v) is 7.63. The Morgan fingerprint density at radius 3 is 1.17 bits per heavy atom. The maximum Gasteiger partial charge on any atom is 0.321 e. The molecule has 6 N–H and O–H groups in total. The van der Waals surface area contributed by atoms with E-state index in [-0.39, 0.29) is 0 Å². The van der Waals surface area contributed by atoms with Crippen LogP contribution in [0.2, 0.25) is 0 Å². The Morgan fingerprint density at radius 1 is 0.625 bits per heavy atom. The Kier molecular flexibility index (Phi) is 7.59. The largest absolute Gasteiger partial charge is 0.481 e. The van der Waals surface area contributed by atoms with E-state index in [4.69, 9.17) is 20.4 Å². The molecule has 2 saturated heterocycles. The quantitative estimate of drug-likeness (QED) is 0.372. The van der Waals surface area contributed by atoms with E-state index in [1.807, 2.05) is 0 Å². The fourth-order valence-electron chi connectivity index (χ4n) is 2.83. The highest BCUT2D eigenvalue weighted by molar-refractivity contribution is 5.83. The van der Waals surface area contributed by atoms with Crippen molar-refractivity contribution in [2.24, 2.45) is 11.8 Å². The van der Waals surface area contributed by atoms with Crippen LogP contribution in [-0.4, -0.2) is 69.5 Å². The molecule has 136 valence electrons. The van der Waals surface area contributed by atoms with Gasteiger partial charge in [0.1, 0.15) is 12.1 Å². The van der Waals surface area contributed by atoms with Crippen LogP contribution in [0.1, 0.15) is 25.7 Å². The number of hydrogen-bond acceptors (Lipinski definition) is 6. The molecule has 4 unspecified atom stereocenters. The summed E-state index contributed by atoms with van der Waals surface area (Å²) >= 11 is 0. The second kappa shape index (κ2) is 9.18. The number of nitrogens with one attached hydrogen (secondary N) is 2. The van der Waals surface area contributed by atoms with Crippen molar-refractivity contribution in [1.82, 2.24) is 10.6 Å². The third-order valence-corrected chi connectivity index (χ3v) is 4.08. The van der Waals surface area contributed by atoms with E-state index < -0.39 is 47.8 Å². The van der Waals surface area contributed by atoms with Crippen molar-refractivity contribution in [2.75, 3.05) is 13.1 Å². The highest BCUT2D eigenvalue weighted by Gasteiger charge is 2.36. The van der Waals surface area contributed by atoms with Crippen molar-refractivity contribution in [3.63, 3.8) is 0 Å². The van der Waals surface area contributed by atoms with Crippen molar-refractivity contribution >= 4 is 23.9 Å². The smallest absolute Gasteiger partial charge is 0.321 e. The number of rotatable bonds is 4. The third-order valence-electron chi connectivity index (χ3n) is 4.08. The van der Waals surface area contributed by atoms with E-state index in [2.05, 4.69) is 10.6 Å². The number of carbonyl (C=O) groups is 4. The topological polar surface area (TPSA) is 173 Å². The van der Waals surface area contributed by atoms with Gasteiger partial charge in [-0.25, -0.2) is 0 Å². The predicted molar refractivity (Wildman–Crippen MR) is 79.6 cm³/mol. The van der Waals surface area contributed by atoms with Gasteiger partial charge < -0.3 is 31.1 Å². The van der Waals surface area contributed by atoms with E-state index in [1.165, 1.54) is 0 Å². The van der Waals surface area contributed by atoms with Gasteiger partial charge in [-0.1, -0.05) is 0 Å². The van der Waals surface area contributed by atoms with E-state index in [1.54, 1.807) is 0 Å². The van der Waals surface area contributed by atoms with Crippen LogP contribution in [0.15, 0.2) is 0 Å². The molecule has 0 aromatic rings. The van der Waals surface area contributed by atoms with Gasteiger partial charge in [0.05, 0.1) is 11.8 Å². The standard InChI is InChI=1S/2C7H11NO4/c2*9-6(10)4-2-1-3-8-5(4)7(11)12/h2*4-5,8H,1-3H2,(H,9,10)(H,11,12). The van der Waals surface area contributed by atoms with Crippen LogP contribution in [0.3, 0.4) is 0 Å². The molecule has 0 aromatic carbocycles. The molecule has 10 heteroatoms. The minimum absolute atomic E-state index is 0.444. The van der Waals surface area contributed by atoms with Crippen LogP contribution >= 0.6 is 0 Å². The lowest BCUT2D eigenvalue weighted by Gasteiger charge is -2.26. The minimum atomic E-state index is -1.08. The van der Waals surface area contributed by atoms with Crippen LogP contribution in [-0.2, 0) is 19.2 Å². The molecule has 2 fully saturated rings. The molecule has 4 atom stereocenters. The first-order chi connectivity index (χ1) is 11.3. The molecule has 2 aliphatic heterocycles. The molecule has 0 radical (unpaired) electrons. The summed E-state index contributed by atoms with van der Waals surface area (Å²) in [4.78, 5) is 42.2. The van der Waals surface area contributed by atoms with Gasteiger partial charge in [-0.05, 0) is 38.8 Å². The van der Waals surface area contributed by atoms with Gasteiger partial charge in [-0.3, -0.25) is 19.2 Å². The summed E-state index contributed by atoms with van der Waals surface area (Å²) in [5.74, 6) is -5.79. The van der Waals surface area contributed by atoms with Crippen LogP contribution < -0.4 is 10.6 Å². The van der Waals surface area contributed by atoms with Crippen LogP contribution in [0.25, 0.3) is 0 Å². The van der Waals surface area contributed by atoms with Crippen LogP contribution in [0, 0.1) is 11.8 Å². The van der Waals surface area contributed by atoms with Crippen molar-refractivity contribution in [2.45, 2.75) is 37.8 Å². The van der Waals surface area contributed by atoms with Crippen molar-refractivity contribution in [3.8, 4) is 0 Å². The Balaban J connectivity index is 0.000000240. The van der Waals surface area contributed by atoms with Crippen LogP contribution in [0.4, 0.5) is 0 Å². The number of hydrogen-bond donors (Lipinski definition) is 6. The average Bonchev–Trinajstić information content (AvgIpc) is 2.55. The zero-order chi connectivity index (χ0) is 18.3. The Labute approximate surface area is 137 Å². The van der Waals surface area contributed by atoms with E-state index in [0.29, 0.717) is 25.9 Å². The fraction of sp³-hybridized carbons (Fsp3) is 0.714. The average molecular weight is 346 g/mol. The van der Waals surface area contributed by atoms with E-state index >= 15 is 0 Å². The third kappa shape index (κ3) is 5.46. The summed E-state index contributed by atoms with van der Waals surface area (Å²) in [7, 11) is 0. The normalized spacial score (nSPS) is 29.7. The molecular weight excluding hydrogens is 324 g/mol. The zero-order valence-electron chi connectivity index (χ0n) is 13.0. The van der Waals surface area contributed by atoms with Gasteiger partial charge in [-0.2, -0.15) is 0 Å². The highest BCUT2D eigenvalue weighted by Crippen LogP contribution is 2.17. The summed E-state index contributed by atoms with van der Waals surface area (Å²) in [6, 6.07) is -1.84. The summed E-state index contributed by atoms with van der Waals surface area (Å²) in [6.45, 7) is 1.17. The van der Waals surface area contributed by atoms with Crippen LogP contribution in [0.5, 0.6) is 0 Å². The first-order valence-electron chi connectivity index (χ1n) is 7.63. The second-order valence-electron chi connectivity index (χ2n) is 5.71. The maximum absolute atomic E-state index is 10.6. The minimum Gasteiger partial charge on any atom is -0.481 e. The summed E-state index contributed by atoms with van der Waals surface area (Å²) < 4.78 is 0. The van der Waals surface area contributed by atoms with Gasteiger partial charge in [0.2, 0.25) is 0 Å². The molecule has 0 saturated carbocycles. The number of aliphatic carboxylic acids is 4. The molecule has 10 nitrogen and oxygen atoms in total. The van der Waals surface area contributed by atoms with Crippen molar-refractivity contribution in [1.29, 1.82) is 0 Å². The van der Waals surface area contributed by atoms with Gasteiger partial charge >= 0.3 is 23.9 Å². The molecular formula is C14H22N2O8. The van der Waals surface area contributed by atoms with Gasteiger partial charge in [0.25, 0.3) is 0 Å². The molecule has 0 aromatic heterocycles. The molecule has 24 heavy (non-hydrogen) atoms. The molecule has 2 heterocycles. The van der Waals surface area contributed by atoms with Gasteiger partial charge in [0, 0.05) is 0 Å². The SMILES string of the molecule is O=C(O)C1CCCNC1C(=O)O.O=C(O)C1CCCNC1C(=O)O. The molecule has 0 amide bonds. The lowest BCUT2D eigenvalue weighted by Crippen LogP contribution is -2.49. The Hall–Kier alpha value is -2.20. The molecule has 2 rings (SSSR count). The maximum atomic E-state index is 10.6. The fourth-order valence-corrected chi connectivity index (χ4v) is 2.83. The first kappa shape index (κ1) is 19.8. The number of carboxylic acids is 4. The predicted octanol–water partition coefficient (Wildman–Crippen LogP) is -0.952. The summed E-state index contributed by atoms with van der Waals surface area (Å²) in [5.41, 5.74) is 0. The highest BCUT2D eigenvalue weighted by atomic mass is 16.4. The zero-order valence-corrected chi connectivity index (χ0v) is 13.0. The Morgan fingerprint density at radius 2 is 0.958 bits per heavy atom. The van der Waals surface area contributed by atoms with E-state index in [0.717, 1.165) is 12.8 Å². The molecule has 0 bridgehead atoms. The van der Waals surface area contributed by atoms with Gasteiger partial charge in [0.15, 0.2) is 0 Å². The van der Waals surface area contributed by atoms with Gasteiger partial charge in [-0.15, -0.1) is 0 Å². The summed E-state index contributed by atoms with van der Waals surface area (Å²) in [6.07, 6.45) is 2.33. The Bertz CT molecular complexity index is 407. The lowest BCUT2D eigenvalue weighted by molar-refractivity contribution is -0.152. The van der Waals surface area contributed by atoms with Crippen molar-refractivity contribution < 1.29 is 39.6 Å². The second-order valence-corrected chi connectivity index (χ2v) is 5.71. The summed E-state index contributed by atoms with van der Waals surface area (Å²) in [5, 5.41) is 39.9. The van der Waals surface area contributed by atoms with E-state index in [9.17, 15) is 19.2 Å². The molecule has 0 aliphatic carbocycles.